The molecule has 1 heterocycles. The van der Waals surface area contributed by atoms with Crippen LogP contribution >= 0.6 is 11.6 Å². The number of hydrogen-bond donors (Lipinski definition) is 2. The molecule has 1 amide bonds. The molecule has 2 N–H and O–H groups in total. The number of amides is 1. The molecule has 0 bridgehead atoms. The molecule has 0 aliphatic heterocycles. The van der Waals surface area contributed by atoms with Gasteiger partial charge in [0.1, 0.15) is 15.6 Å². The van der Waals surface area contributed by atoms with E-state index in [2.05, 4.69) is 15.2 Å². The maximum atomic E-state index is 13.2. The summed E-state index contributed by atoms with van der Waals surface area (Å²) in [7, 11) is -3.13. The Labute approximate surface area is 227 Å². The van der Waals surface area contributed by atoms with Crippen LogP contribution in [0.1, 0.15) is 61.2 Å². The van der Waals surface area contributed by atoms with E-state index < -0.39 is 52.1 Å². The van der Waals surface area contributed by atoms with Gasteiger partial charge < -0.3 is 15.2 Å². The summed E-state index contributed by atoms with van der Waals surface area (Å²) in [6.45, 7) is -1.27. The Kier molecular flexibility index (Phi) is 9.87. The lowest BCUT2D eigenvalue weighted by Crippen LogP contribution is -2.34. The zero-order chi connectivity index (χ0) is 29.1. The van der Waals surface area contributed by atoms with Gasteiger partial charge in [-0.3, -0.25) is 9.48 Å². The van der Waals surface area contributed by atoms with Crippen LogP contribution in [-0.2, 0) is 16.4 Å². The van der Waals surface area contributed by atoms with Crippen molar-refractivity contribution in [2.45, 2.75) is 69.7 Å². The van der Waals surface area contributed by atoms with Gasteiger partial charge in [-0.05, 0) is 56.2 Å². The SMILES string of the molecule is CCn1nc(C(=O)NCC2CCC(S(C)(=O)=O)CC2)c(Cl)c1-c1ccc(C(O)CC(F)(F)F)cc1OC(F)F. The van der Waals surface area contributed by atoms with Gasteiger partial charge in [-0.2, -0.15) is 27.1 Å². The van der Waals surface area contributed by atoms with Crippen molar-refractivity contribution >= 4 is 27.3 Å². The van der Waals surface area contributed by atoms with Crippen LogP contribution in [-0.4, -0.2) is 60.1 Å². The Bertz CT molecular complexity index is 1280. The Balaban J connectivity index is 1.84. The molecular formula is C24H29ClF5N3O5S. The van der Waals surface area contributed by atoms with Crippen LogP contribution < -0.4 is 10.1 Å². The van der Waals surface area contributed by atoms with Gasteiger partial charge in [0.25, 0.3) is 5.91 Å². The molecule has 0 radical (unpaired) electrons. The number of aromatic nitrogens is 2. The lowest BCUT2D eigenvalue weighted by Gasteiger charge is -2.27. The fourth-order valence-electron chi connectivity index (χ4n) is 4.63. The number of alkyl halides is 5. The molecule has 8 nitrogen and oxygen atoms in total. The van der Waals surface area contributed by atoms with Gasteiger partial charge in [0.15, 0.2) is 5.69 Å². The first-order chi connectivity index (χ1) is 18.1. The molecule has 3 rings (SSSR count). The quantitative estimate of drug-likeness (QED) is 0.365. The Morgan fingerprint density at radius 3 is 2.44 bits per heavy atom. The molecule has 2 aromatic rings. The van der Waals surface area contributed by atoms with Gasteiger partial charge in [-0.1, -0.05) is 17.7 Å². The van der Waals surface area contributed by atoms with Gasteiger partial charge in [0, 0.05) is 24.9 Å². The third kappa shape index (κ3) is 8.04. The molecule has 1 aromatic heterocycles. The van der Waals surface area contributed by atoms with Crippen molar-refractivity contribution in [2.24, 2.45) is 5.92 Å². The number of aryl methyl sites for hydroxylation is 1. The van der Waals surface area contributed by atoms with Crippen molar-refractivity contribution in [1.29, 1.82) is 0 Å². The van der Waals surface area contributed by atoms with E-state index >= 15 is 0 Å². The summed E-state index contributed by atoms with van der Waals surface area (Å²) in [4.78, 5) is 12.9. The maximum absolute atomic E-state index is 13.2. The third-order valence-corrected chi connectivity index (χ3v) is 8.69. The zero-order valence-corrected chi connectivity index (χ0v) is 22.7. The van der Waals surface area contributed by atoms with Crippen LogP contribution in [0.4, 0.5) is 22.0 Å². The molecule has 1 aliphatic rings. The topological polar surface area (TPSA) is 111 Å². The number of carbonyl (C=O) groups excluding carboxylic acids is 1. The minimum atomic E-state index is -4.69. The fraction of sp³-hybridized carbons (Fsp3) is 0.583. The molecular weight excluding hydrogens is 573 g/mol. The second kappa shape index (κ2) is 12.4. The van der Waals surface area contributed by atoms with E-state index in [1.807, 2.05) is 0 Å². The Hall–Kier alpha value is -2.45. The molecule has 1 fully saturated rings. The first-order valence-corrected chi connectivity index (χ1v) is 14.5. The van der Waals surface area contributed by atoms with Crippen LogP contribution in [0.5, 0.6) is 5.75 Å². The first kappa shape index (κ1) is 31.1. The Morgan fingerprint density at radius 2 is 1.90 bits per heavy atom. The summed E-state index contributed by atoms with van der Waals surface area (Å²) >= 11 is 6.47. The second-order valence-corrected chi connectivity index (χ2v) is 12.2. The molecule has 0 saturated heterocycles. The molecule has 1 unspecified atom stereocenters. The molecule has 0 spiro atoms. The number of nitrogens with one attached hydrogen (secondary N) is 1. The summed E-state index contributed by atoms with van der Waals surface area (Å²) < 4.78 is 93.8. The number of benzene rings is 1. The molecule has 39 heavy (non-hydrogen) atoms. The maximum Gasteiger partial charge on any atom is 0.391 e. The molecule has 218 valence electrons. The van der Waals surface area contributed by atoms with E-state index in [0.29, 0.717) is 25.7 Å². The number of hydrogen-bond acceptors (Lipinski definition) is 6. The van der Waals surface area contributed by atoms with Gasteiger partial charge in [0.2, 0.25) is 0 Å². The predicted molar refractivity (Wildman–Crippen MR) is 134 cm³/mol. The summed E-state index contributed by atoms with van der Waals surface area (Å²) in [5.74, 6) is -1.12. The lowest BCUT2D eigenvalue weighted by atomic mass is 9.89. The summed E-state index contributed by atoms with van der Waals surface area (Å²) in [5.41, 5.74) is -0.516. The molecule has 1 aliphatic carbocycles. The van der Waals surface area contributed by atoms with Crippen molar-refractivity contribution in [2.75, 3.05) is 12.8 Å². The van der Waals surface area contributed by atoms with E-state index in [-0.39, 0.29) is 46.5 Å². The second-order valence-electron chi connectivity index (χ2n) is 9.48. The van der Waals surface area contributed by atoms with Gasteiger partial charge in [0.05, 0.1) is 28.5 Å². The number of ether oxygens (including phenoxy) is 1. The van der Waals surface area contributed by atoms with Crippen molar-refractivity contribution in [3.05, 3.63) is 34.5 Å². The highest BCUT2D eigenvalue weighted by Gasteiger charge is 2.33. The van der Waals surface area contributed by atoms with E-state index in [1.54, 1.807) is 6.92 Å². The average Bonchev–Trinajstić information content (AvgIpc) is 3.17. The number of aliphatic hydroxyl groups is 1. The standard InChI is InChI=1S/C24H29ClF5N3O5S/c1-3-33-21(16-9-6-14(10-18(16)38-23(26)27)17(34)11-24(28,29)30)19(25)20(32-33)22(35)31-12-13-4-7-15(8-5-13)39(2,36)37/h6,9-10,13,15,17,23,34H,3-5,7-8,11-12H2,1-2H3,(H,31,35). The van der Waals surface area contributed by atoms with E-state index in [1.165, 1.54) is 17.0 Å². The number of halogens is 6. The highest BCUT2D eigenvalue weighted by Crippen LogP contribution is 2.40. The number of carbonyl (C=O) groups is 1. The first-order valence-electron chi connectivity index (χ1n) is 12.2. The lowest BCUT2D eigenvalue weighted by molar-refractivity contribution is -0.154. The van der Waals surface area contributed by atoms with Crippen molar-refractivity contribution in [1.82, 2.24) is 15.1 Å². The highest BCUT2D eigenvalue weighted by molar-refractivity contribution is 7.91. The number of aliphatic hydroxyl groups excluding tert-OH is 1. The summed E-state index contributed by atoms with van der Waals surface area (Å²) in [5, 5.41) is 16.3. The smallest absolute Gasteiger partial charge is 0.391 e. The minimum Gasteiger partial charge on any atom is -0.434 e. The van der Waals surface area contributed by atoms with Crippen LogP contribution in [0, 0.1) is 5.92 Å². The predicted octanol–water partition coefficient (Wildman–Crippen LogP) is 5.14. The van der Waals surface area contributed by atoms with Gasteiger partial charge in [-0.15, -0.1) is 0 Å². The average molecular weight is 602 g/mol. The molecule has 1 aromatic carbocycles. The minimum absolute atomic E-state index is 0.0329. The highest BCUT2D eigenvalue weighted by atomic mass is 35.5. The van der Waals surface area contributed by atoms with E-state index in [0.717, 1.165) is 12.1 Å². The summed E-state index contributed by atoms with van der Waals surface area (Å²) in [6, 6.07) is 3.16. The zero-order valence-electron chi connectivity index (χ0n) is 21.1. The molecule has 15 heteroatoms. The number of nitrogens with zero attached hydrogens (tertiary/aromatic N) is 2. The van der Waals surface area contributed by atoms with Crippen molar-refractivity contribution in [3.63, 3.8) is 0 Å². The van der Waals surface area contributed by atoms with Crippen LogP contribution in [0.3, 0.4) is 0 Å². The number of rotatable bonds is 10. The summed E-state index contributed by atoms with van der Waals surface area (Å²) in [6.07, 6.45) is -4.87. The number of sulfone groups is 1. The Morgan fingerprint density at radius 1 is 1.26 bits per heavy atom. The van der Waals surface area contributed by atoms with E-state index in [4.69, 9.17) is 11.6 Å². The fourth-order valence-corrected chi connectivity index (χ4v) is 6.08. The molecule has 1 atom stereocenters. The largest absolute Gasteiger partial charge is 0.434 e. The normalized spacial score (nSPS) is 19.2. The third-order valence-electron chi connectivity index (χ3n) is 6.65. The van der Waals surface area contributed by atoms with Gasteiger partial charge in [-0.25, -0.2) is 8.42 Å². The monoisotopic (exact) mass is 601 g/mol. The van der Waals surface area contributed by atoms with Crippen molar-refractivity contribution in [3.8, 4) is 17.0 Å². The van der Waals surface area contributed by atoms with Gasteiger partial charge >= 0.3 is 12.8 Å². The van der Waals surface area contributed by atoms with Crippen LogP contribution in [0.15, 0.2) is 18.2 Å². The molecule has 1 saturated carbocycles. The van der Waals surface area contributed by atoms with Crippen LogP contribution in [0.2, 0.25) is 5.02 Å². The van der Waals surface area contributed by atoms with E-state index in [9.17, 15) is 40.3 Å². The van der Waals surface area contributed by atoms with Crippen molar-refractivity contribution < 1.29 is 45.0 Å². The van der Waals surface area contributed by atoms with Crippen LogP contribution in [0.25, 0.3) is 11.3 Å².